The number of benzene rings is 1. The van der Waals surface area contributed by atoms with Crippen LogP contribution in [0.1, 0.15) is 19.4 Å². The molecular formula is C19H20N2O7. The highest BCUT2D eigenvalue weighted by atomic mass is 16.7. The molecular weight excluding hydrogens is 368 g/mol. The minimum Gasteiger partial charge on any atom is -0.494 e. The summed E-state index contributed by atoms with van der Waals surface area (Å²) >= 11 is 0. The Morgan fingerprint density at radius 2 is 1.71 bits per heavy atom. The Balaban J connectivity index is 2.10. The molecule has 1 aromatic heterocycles. The molecule has 148 valence electrons. The minimum atomic E-state index is -1.32. The van der Waals surface area contributed by atoms with Crippen molar-refractivity contribution in [3.63, 3.8) is 0 Å². The van der Waals surface area contributed by atoms with Gasteiger partial charge in [0.05, 0.1) is 25.4 Å². The second-order valence-corrected chi connectivity index (χ2v) is 6.61. The number of pyridine rings is 1. The summed E-state index contributed by atoms with van der Waals surface area (Å²) in [7, 11) is 2.93. The molecule has 1 aliphatic heterocycles. The fourth-order valence-electron chi connectivity index (χ4n) is 2.98. The number of methoxy groups -OCH3 is 2. The van der Waals surface area contributed by atoms with Gasteiger partial charge < -0.3 is 29.2 Å². The summed E-state index contributed by atoms with van der Waals surface area (Å²) in [6.45, 7) is 4.70. The third kappa shape index (κ3) is 3.38. The number of H-pyrrole nitrogens is 1. The molecule has 0 saturated carbocycles. The molecule has 0 unspecified atom stereocenters. The van der Waals surface area contributed by atoms with Gasteiger partial charge in [0.2, 0.25) is 5.56 Å². The molecule has 2 aromatic rings. The molecule has 3 rings (SSSR count). The van der Waals surface area contributed by atoms with E-state index >= 15 is 0 Å². The van der Waals surface area contributed by atoms with Gasteiger partial charge in [0, 0.05) is 37.6 Å². The highest BCUT2D eigenvalue weighted by Gasteiger charge is 2.39. The molecule has 0 aliphatic carbocycles. The van der Waals surface area contributed by atoms with Crippen molar-refractivity contribution in [3.8, 4) is 11.5 Å². The summed E-state index contributed by atoms with van der Waals surface area (Å²) in [6.07, 6.45) is 1.18. The number of anilines is 1. The third-order valence-electron chi connectivity index (χ3n) is 4.15. The summed E-state index contributed by atoms with van der Waals surface area (Å²) in [5, 5.41) is 3.49. The van der Waals surface area contributed by atoms with Crippen molar-refractivity contribution in [3.05, 3.63) is 39.8 Å². The molecule has 0 bridgehead atoms. The molecule has 1 fully saturated rings. The number of hydrogen-bond donors (Lipinski definition) is 2. The lowest BCUT2D eigenvalue weighted by Crippen LogP contribution is -2.42. The molecule has 0 spiro atoms. The van der Waals surface area contributed by atoms with Gasteiger partial charge in [0.15, 0.2) is 11.3 Å². The number of ether oxygens (including phenoxy) is 4. The predicted octanol–water partition coefficient (Wildman–Crippen LogP) is 1.99. The largest absolute Gasteiger partial charge is 0.494 e. The van der Waals surface area contributed by atoms with E-state index in [9.17, 15) is 14.4 Å². The standard InChI is InChI=1S/C19H20N2O7/c1-9-6-13(22)21-15-12(25-4)7-11(16(26-5)14(9)15)20-8-10-17(23)27-19(2,3)28-18(10)24/h6-8,20H,1-5H3,(H,21,22). The number of aromatic amines is 1. The predicted molar refractivity (Wildman–Crippen MR) is 100 cm³/mol. The number of rotatable bonds is 4. The molecule has 1 aliphatic rings. The van der Waals surface area contributed by atoms with E-state index in [2.05, 4.69) is 10.3 Å². The number of aryl methyl sites for hydroxylation is 1. The molecule has 9 heteroatoms. The Morgan fingerprint density at radius 3 is 2.29 bits per heavy atom. The lowest BCUT2D eigenvalue weighted by Gasteiger charge is -2.29. The van der Waals surface area contributed by atoms with Crippen LogP contribution < -0.4 is 20.3 Å². The Labute approximate surface area is 160 Å². The fourth-order valence-corrected chi connectivity index (χ4v) is 2.98. The number of aromatic nitrogens is 1. The van der Waals surface area contributed by atoms with Crippen LogP contribution >= 0.6 is 0 Å². The minimum absolute atomic E-state index is 0.275. The number of nitrogens with one attached hydrogen (secondary N) is 2. The molecule has 2 heterocycles. The van der Waals surface area contributed by atoms with Gasteiger partial charge in [0.25, 0.3) is 5.79 Å². The second kappa shape index (κ2) is 6.91. The Hall–Kier alpha value is -3.49. The van der Waals surface area contributed by atoms with Crippen molar-refractivity contribution in [1.29, 1.82) is 0 Å². The molecule has 1 saturated heterocycles. The van der Waals surface area contributed by atoms with Crippen molar-refractivity contribution < 1.29 is 28.5 Å². The van der Waals surface area contributed by atoms with Gasteiger partial charge in [0.1, 0.15) is 5.75 Å². The maximum Gasteiger partial charge on any atom is 0.350 e. The molecule has 0 radical (unpaired) electrons. The van der Waals surface area contributed by atoms with Gasteiger partial charge in [-0.3, -0.25) is 4.79 Å². The first-order chi connectivity index (χ1) is 13.2. The normalized spacial score (nSPS) is 15.7. The van der Waals surface area contributed by atoms with Crippen molar-refractivity contribution in [2.45, 2.75) is 26.6 Å². The number of carbonyl (C=O) groups excluding carboxylic acids is 2. The van der Waals surface area contributed by atoms with Gasteiger partial charge in [-0.05, 0) is 12.5 Å². The molecule has 2 N–H and O–H groups in total. The fraction of sp³-hybridized carbons (Fsp3) is 0.316. The Kier molecular flexibility index (Phi) is 4.76. The van der Waals surface area contributed by atoms with Gasteiger partial charge in [-0.2, -0.15) is 0 Å². The first kappa shape index (κ1) is 19.3. The van der Waals surface area contributed by atoms with E-state index < -0.39 is 17.7 Å². The van der Waals surface area contributed by atoms with Gasteiger partial charge >= 0.3 is 11.9 Å². The van der Waals surface area contributed by atoms with E-state index in [1.165, 1.54) is 40.3 Å². The van der Waals surface area contributed by atoms with E-state index in [1.807, 2.05) is 0 Å². The quantitative estimate of drug-likeness (QED) is 0.464. The number of hydrogen-bond acceptors (Lipinski definition) is 8. The van der Waals surface area contributed by atoms with Crippen LogP contribution in [0.5, 0.6) is 11.5 Å². The maximum atomic E-state index is 12.1. The van der Waals surface area contributed by atoms with Gasteiger partial charge in [-0.15, -0.1) is 0 Å². The first-order valence-corrected chi connectivity index (χ1v) is 8.39. The third-order valence-corrected chi connectivity index (χ3v) is 4.15. The molecule has 28 heavy (non-hydrogen) atoms. The van der Waals surface area contributed by atoms with Crippen molar-refractivity contribution in [2.75, 3.05) is 19.5 Å². The van der Waals surface area contributed by atoms with Crippen molar-refractivity contribution >= 4 is 28.5 Å². The zero-order valence-corrected chi connectivity index (χ0v) is 16.1. The van der Waals surface area contributed by atoms with E-state index in [4.69, 9.17) is 18.9 Å². The first-order valence-electron chi connectivity index (χ1n) is 8.39. The van der Waals surface area contributed by atoms with Crippen LogP contribution in [-0.2, 0) is 19.1 Å². The summed E-state index contributed by atoms with van der Waals surface area (Å²) in [5.41, 5.74) is 0.992. The SMILES string of the molecule is COc1cc(NC=C2C(=O)OC(C)(C)OC2=O)c(OC)c2c(C)cc(=O)[nH]c12. The summed E-state index contributed by atoms with van der Waals surface area (Å²) < 4.78 is 21.0. The van der Waals surface area contributed by atoms with Crippen LogP contribution in [0.3, 0.4) is 0 Å². The van der Waals surface area contributed by atoms with Crippen LogP contribution in [0.4, 0.5) is 5.69 Å². The average Bonchev–Trinajstić information content (AvgIpc) is 2.59. The van der Waals surface area contributed by atoms with E-state index in [1.54, 1.807) is 13.0 Å². The van der Waals surface area contributed by atoms with Crippen molar-refractivity contribution in [1.82, 2.24) is 4.98 Å². The number of fused-ring (bicyclic) bond motifs is 1. The number of esters is 2. The molecule has 1 aromatic carbocycles. The second-order valence-electron chi connectivity index (χ2n) is 6.61. The van der Waals surface area contributed by atoms with Crippen LogP contribution in [0, 0.1) is 6.92 Å². The summed E-state index contributed by atoms with van der Waals surface area (Å²) in [4.78, 5) is 38.8. The Bertz CT molecular complexity index is 1040. The van der Waals surface area contributed by atoms with E-state index in [0.717, 1.165) is 0 Å². The summed E-state index contributed by atoms with van der Waals surface area (Å²) in [6, 6.07) is 3.02. The average molecular weight is 388 g/mol. The zero-order valence-electron chi connectivity index (χ0n) is 16.1. The highest BCUT2D eigenvalue weighted by Crippen LogP contribution is 2.40. The van der Waals surface area contributed by atoms with Gasteiger partial charge in [-0.25, -0.2) is 9.59 Å². The van der Waals surface area contributed by atoms with Crippen LogP contribution in [-0.4, -0.2) is 36.9 Å². The monoisotopic (exact) mass is 388 g/mol. The number of carbonyl (C=O) groups is 2. The Morgan fingerprint density at radius 1 is 1.07 bits per heavy atom. The topological polar surface area (TPSA) is 116 Å². The lowest BCUT2D eigenvalue weighted by atomic mass is 10.1. The van der Waals surface area contributed by atoms with Crippen LogP contribution in [0.2, 0.25) is 0 Å². The molecule has 9 nitrogen and oxygen atoms in total. The van der Waals surface area contributed by atoms with E-state index in [0.29, 0.717) is 33.7 Å². The van der Waals surface area contributed by atoms with Crippen molar-refractivity contribution in [2.24, 2.45) is 0 Å². The zero-order chi connectivity index (χ0) is 20.6. The summed E-state index contributed by atoms with van der Waals surface area (Å²) in [5.74, 6) is -2.15. The molecule has 0 amide bonds. The van der Waals surface area contributed by atoms with Crippen LogP contribution in [0.25, 0.3) is 10.9 Å². The smallest absolute Gasteiger partial charge is 0.350 e. The lowest BCUT2D eigenvalue weighted by molar-refractivity contribution is -0.222. The highest BCUT2D eigenvalue weighted by molar-refractivity contribution is 6.15. The van der Waals surface area contributed by atoms with Gasteiger partial charge in [-0.1, -0.05) is 0 Å². The molecule has 0 atom stereocenters. The van der Waals surface area contributed by atoms with E-state index in [-0.39, 0.29) is 11.1 Å². The maximum absolute atomic E-state index is 12.1. The van der Waals surface area contributed by atoms with Crippen LogP contribution in [0.15, 0.2) is 28.7 Å². The number of cyclic esters (lactones) is 2.